The second kappa shape index (κ2) is 5.47. The summed E-state index contributed by atoms with van der Waals surface area (Å²) in [6.45, 7) is 2.64. The van der Waals surface area contributed by atoms with E-state index in [1.54, 1.807) is 17.4 Å². The molecule has 1 amide bonds. The molecule has 2 rings (SSSR count). The normalized spacial score (nSPS) is 10.2. The van der Waals surface area contributed by atoms with Crippen molar-refractivity contribution in [1.82, 2.24) is 5.32 Å². The summed E-state index contributed by atoms with van der Waals surface area (Å²) in [5, 5.41) is 4.96. The maximum atomic E-state index is 11.9. The molecule has 17 heavy (non-hydrogen) atoms. The molecular weight excluding hydrogens is 298 g/mol. The van der Waals surface area contributed by atoms with Gasteiger partial charge in [0.25, 0.3) is 5.91 Å². The fourth-order valence-corrected chi connectivity index (χ4v) is 2.72. The molecule has 2 aromatic rings. The first kappa shape index (κ1) is 12.3. The van der Waals surface area contributed by atoms with Gasteiger partial charge in [-0.1, -0.05) is 22.0 Å². The van der Waals surface area contributed by atoms with E-state index in [9.17, 15) is 4.79 Å². The SMILES string of the molecule is Cc1ccsc1CNC(=O)c1cccc(Br)c1. The molecule has 0 atom stereocenters. The summed E-state index contributed by atoms with van der Waals surface area (Å²) in [5.74, 6) is -0.0425. The Hall–Kier alpha value is -1.13. The molecule has 88 valence electrons. The van der Waals surface area contributed by atoms with E-state index in [0.29, 0.717) is 12.1 Å². The molecule has 0 unspecified atom stereocenters. The topological polar surface area (TPSA) is 29.1 Å². The first-order valence-electron chi connectivity index (χ1n) is 5.23. The van der Waals surface area contributed by atoms with Crippen molar-refractivity contribution < 1.29 is 4.79 Å². The molecular formula is C13H12BrNOS. The Balaban J connectivity index is 2.01. The molecule has 1 N–H and O–H groups in total. The van der Waals surface area contributed by atoms with Crippen molar-refractivity contribution in [2.75, 3.05) is 0 Å². The number of hydrogen-bond acceptors (Lipinski definition) is 2. The average molecular weight is 310 g/mol. The van der Waals surface area contributed by atoms with Gasteiger partial charge in [-0.05, 0) is 42.1 Å². The van der Waals surface area contributed by atoms with Crippen molar-refractivity contribution in [1.29, 1.82) is 0 Å². The summed E-state index contributed by atoms with van der Waals surface area (Å²) in [5.41, 5.74) is 1.90. The van der Waals surface area contributed by atoms with Crippen LogP contribution in [0.15, 0.2) is 40.2 Å². The molecule has 0 aliphatic heterocycles. The molecule has 0 aliphatic rings. The second-order valence-corrected chi connectivity index (χ2v) is 5.64. The second-order valence-electron chi connectivity index (χ2n) is 3.72. The molecule has 0 saturated carbocycles. The largest absolute Gasteiger partial charge is 0.347 e. The van der Waals surface area contributed by atoms with Crippen LogP contribution in [0.3, 0.4) is 0 Å². The summed E-state index contributed by atoms with van der Waals surface area (Å²) in [6.07, 6.45) is 0. The van der Waals surface area contributed by atoms with Gasteiger partial charge in [0.1, 0.15) is 0 Å². The Bertz CT molecular complexity index is 536. The third-order valence-electron chi connectivity index (χ3n) is 2.46. The summed E-state index contributed by atoms with van der Waals surface area (Å²) in [6, 6.07) is 9.44. The zero-order chi connectivity index (χ0) is 12.3. The van der Waals surface area contributed by atoms with Crippen molar-refractivity contribution in [2.24, 2.45) is 0 Å². The first-order chi connectivity index (χ1) is 8.16. The standard InChI is InChI=1S/C13H12BrNOS/c1-9-5-6-17-12(9)8-15-13(16)10-3-2-4-11(14)7-10/h2-7H,8H2,1H3,(H,15,16). The van der Waals surface area contributed by atoms with Crippen molar-refractivity contribution in [3.63, 3.8) is 0 Å². The molecule has 0 radical (unpaired) electrons. The Labute approximate surface area is 113 Å². The number of hydrogen-bond donors (Lipinski definition) is 1. The van der Waals surface area contributed by atoms with E-state index >= 15 is 0 Å². The molecule has 2 nitrogen and oxygen atoms in total. The zero-order valence-corrected chi connectivity index (χ0v) is 11.8. The number of nitrogens with one attached hydrogen (secondary N) is 1. The Morgan fingerprint density at radius 1 is 1.41 bits per heavy atom. The van der Waals surface area contributed by atoms with Crippen LogP contribution in [0.2, 0.25) is 0 Å². The van der Waals surface area contributed by atoms with Crippen LogP contribution in [0.5, 0.6) is 0 Å². The minimum atomic E-state index is -0.0425. The Morgan fingerprint density at radius 2 is 2.24 bits per heavy atom. The van der Waals surface area contributed by atoms with Crippen molar-refractivity contribution in [2.45, 2.75) is 13.5 Å². The van der Waals surface area contributed by atoms with Gasteiger partial charge >= 0.3 is 0 Å². The fourth-order valence-electron chi connectivity index (χ4n) is 1.48. The predicted octanol–water partition coefficient (Wildman–Crippen LogP) is 3.75. The number of amides is 1. The molecule has 0 fully saturated rings. The lowest BCUT2D eigenvalue weighted by Gasteiger charge is -2.05. The smallest absolute Gasteiger partial charge is 0.251 e. The van der Waals surface area contributed by atoms with Crippen LogP contribution in [-0.2, 0) is 6.54 Å². The highest BCUT2D eigenvalue weighted by molar-refractivity contribution is 9.10. The zero-order valence-electron chi connectivity index (χ0n) is 9.37. The quantitative estimate of drug-likeness (QED) is 0.919. The van der Waals surface area contributed by atoms with Gasteiger partial charge in [-0.15, -0.1) is 11.3 Å². The lowest BCUT2D eigenvalue weighted by molar-refractivity contribution is 0.0951. The fraction of sp³-hybridized carbons (Fsp3) is 0.154. The summed E-state index contributed by atoms with van der Waals surface area (Å²) >= 11 is 5.02. The number of benzene rings is 1. The van der Waals surface area contributed by atoms with Crippen LogP contribution in [0.1, 0.15) is 20.8 Å². The lowest BCUT2D eigenvalue weighted by atomic mass is 10.2. The van der Waals surface area contributed by atoms with E-state index < -0.39 is 0 Å². The van der Waals surface area contributed by atoms with Gasteiger partial charge < -0.3 is 5.32 Å². The first-order valence-corrected chi connectivity index (χ1v) is 6.91. The van der Waals surface area contributed by atoms with Crippen LogP contribution in [0.25, 0.3) is 0 Å². The van der Waals surface area contributed by atoms with E-state index in [0.717, 1.165) is 4.47 Å². The Kier molecular flexibility index (Phi) is 3.97. The number of halogens is 1. The summed E-state index contributed by atoms with van der Waals surface area (Å²) < 4.78 is 0.914. The number of rotatable bonds is 3. The Morgan fingerprint density at radius 3 is 2.88 bits per heavy atom. The molecule has 0 bridgehead atoms. The van der Waals surface area contributed by atoms with Gasteiger partial charge in [0, 0.05) is 14.9 Å². The van der Waals surface area contributed by atoms with E-state index in [1.807, 2.05) is 23.6 Å². The van der Waals surface area contributed by atoms with E-state index in [-0.39, 0.29) is 5.91 Å². The maximum absolute atomic E-state index is 11.9. The highest BCUT2D eigenvalue weighted by Crippen LogP contribution is 2.15. The van der Waals surface area contributed by atoms with Crippen molar-refractivity contribution >= 4 is 33.2 Å². The molecule has 0 aliphatic carbocycles. The maximum Gasteiger partial charge on any atom is 0.251 e. The highest BCUT2D eigenvalue weighted by Gasteiger charge is 2.06. The van der Waals surface area contributed by atoms with Gasteiger partial charge in [0.15, 0.2) is 0 Å². The third-order valence-corrected chi connectivity index (χ3v) is 3.98. The minimum Gasteiger partial charge on any atom is -0.347 e. The number of carbonyl (C=O) groups excluding carboxylic acids is 1. The van der Waals surface area contributed by atoms with Gasteiger partial charge in [0.05, 0.1) is 6.54 Å². The minimum absolute atomic E-state index is 0.0425. The van der Waals surface area contributed by atoms with Crippen LogP contribution >= 0.6 is 27.3 Å². The molecule has 1 aromatic carbocycles. The van der Waals surface area contributed by atoms with Crippen molar-refractivity contribution in [3.05, 3.63) is 56.2 Å². The van der Waals surface area contributed by atoms with E-state index in [4.69, 9.17) is 0 Å². The number of aryl methyl sites for hydroxylation is 1. The average Bonchev–Trinajstić information content (AvgIpc) is 2.72. The lowest BCUT2D eigenvalue weighted by Crippen LogP contribution is -2.22. The third kappa shape index (κ3) is 3.17. The predicted molar refractivity (Wildman–Crippen MR) is 74.4 cm³/mol. The molecule has 0 spiro atoms. The number of carbonyl (C=O) groups is 1. The van der Waals surface area contributed by atoms with E-state index in [2.05, 4.69) is 34.2 Å². The highest BCUT2D eigenvalue weighted by atomic mass is 79.9. The van der Waals surface area contributed by atoms with Gasteiger partial charge in [0.2, 0.25) is 0 Å². The van der Waals surface area contributed by atoms with Crippen LogP contribution in [0.4, 0.5) is 0 Å². The molecule has 0 saturated heterocycles. The molecule has 4 heteroatoms. The van der Waals surface area contributed by atoms with E-state index in [1.165, 1.54) is 10.4 Å². The molecule has 1 aromatic heterocycles. The number of thiophene rings is 1. The van der Waals surface area contributed by atoms with Crippen LogP contribution in [0, 0.1) is 6.92 Å². The van der Waals surface area contributed by atoms with Crippen LogP contribution in [-0.4, -0.2) is 5.91 Å². The van der Waals surface area contributed by atoms with Crippen LogP contribution < -0.4 is 5.32 Å². The van der Waals surface area contributed by atoms with Crippen molar-refractivity contribution in [3.8, 4) is 0 Å². The van der Waals surface area contributed by atoms with Gasteiger partial charge in [-0.2, -0.15) is 0 Å². The summed E-state index contributed by atoms with van der Waals surface area (Å²) in [7, 11) is 0. The summed E-state index contributed by atoms with van der Waals surface area (Å²) in [4.78, 5) is 13.1. The monoisotopic (exact) mass is 309 g/mol. The van der Waals surface area contributed by atoms with Gasteiger partial charge in [-0.25, -0.2) is 0 Å². The molecule has 1 heterocycles. The van der Waals surface area contributed by atoms with Gasteiger partial charge in [-0.3, -0.25) is 4.79 Å².